The molecule has 0 aliphatic rings. The molecule has 6 nitrogen and oxygen atoms in total. The lowest BCUT2D eigenvalue weighted by atomic mass is 10.2. The van der Waals surface area contributed by atoms with Gasteiger partial charge in [0.1, 0.15) is 3.70 Å². The molecule has 20 heavy (non-hydrogen) atoms. The minimum absolute atomic E-state index is 0.0179. The summed E-state index contributed by atoms with van der Waals surface area (Å²) in [5.41, 5.74) is 0.887. The van der Waals surface area contributed by atoms with Gasteiger partial charge in [0, 0.05) is 30.7 Å². The monoisotopic (exact) mass is 408 g/mol. The fourth-order valence-electron chi connectivity index (χ4n) is 1.82. The third-order valence-electron chi connectivity index (χ3n) is 3.08. The fourth-order valence-corrected chi connectivity index (χ4v) is 3.51. The number of aromatic nitrogens is 3. The maximum atomic E-state index is 11.5. The second-order valence-corrected chi connectivity index (χ2v) is 7.98. The van der Waals surface area contributed by atoms with Crippen molar-refractivity contribution >= 4 is 38.2 Å². The fraction of sp³-hybridized carbons (Fsp3) is 0.500. The first kappa shape index (κ1) is 15.6. The van der Waals surface area contributed by atoms with Crippen molar-refractivity contribution in [3.63, 3.8) is 0 Å². The van der Waals surface area contributed by atoms with E-state index in [1.54, 1.807) is 13.1 Å². The van der Waals surface area contributed by atoms with Crippen molar-refractivity contribution in [1.29, 1.82) is 0 Å². The molecule has 0 amide bonds. The van der Waals surface area contributed by atoms with Gasteiger partial charge < -0.3 is 5.32 Å². The van der Waals surface area contributed by atoms with Crippen LogP contribution in [0.5, 0.6) is 0 Å². The number of imidazole rings is 1. The van der Waals surface area contributed by atoms with Crippen LogP contribution in [0.4, 0.5) is 0 Å². The van der Waals surface area contributed by atoms with Crippen LogP contribution in [-0.4, -0.2) is 40.8 Å². The second kappa shape index (κ2) is 6.35. The smallest absolute Gasteiger partial charge is 0.234 e. The van der Waals surface area contributed by atoms with Gasteiger partial charge in [0.15, 0.2) is 9.84 Å². The zero-order valence-corrected chi connectivity index (χ0v) is 14.3. The van der Waals surface area contributed by atoms with Gasteiger partial charge in [-0.15, -0.1) is 0 Å². The lowest BCUT2D eigenvalue weighted by Gasteiger charge is -2.11. The van der Waals surface area contributed by atoms with Gasteiger partial charge in [-0.3, -0.25) is 4.40 Å². The molecular weight excluding hydrogens is 391 g/mol. The van der Waals surface area contributed by atoms with E-state index in [0.717, 1.165) is 9.39 Å². The van der Waals surface area contributed by atoms with E-state index >= 15 is 0 Å². The molecule has 1 N–H and O–H groups in total. The normalized spacial score (nSPS) is 13.8. The van der Waals surface area contributed by atoms with E-state index < -0.39 is 9.84 Å². The van der Waals surface area contributed by atoms with Gasteiger partial charge in [-0.1, -0.05) is 6.92 Å². The van der Waals surface area contributed by atoms with E-state index in [4.69, 9.17) is 0 Å². The molecule has 0 spiro atoms. The minimum atomic E-state index is -2.93. The average Bonchev–Trinajstić information content (AvgIpc) is 2.76. The Bertz CT molecular complexity index is 699. The van der Waals surface area contributed by atoms with Crippen LogP contribution in [0.25, 0.3) is 5.78 Å². The number of hydrogen-bond donors (Lipinski definition) is 1. The lowest BCUT2D eigenvalue weighted by Crippen LogP contribution is -2.27. The third-order valence-corrected chi connectivity index (χ3v) is 5.86. The Kier molecular flexibility index (Phi) is 4.97. The maximum absolute atomic E-state index is 11.5. The molecule has 0 fully saturated rings. The van der Waals surface area contributed by atoms with E-state index in [1.807, 2.05) is 23.6 Å². The summed E-state index contributed by atoms with van der Waals surface area (Å²) in [4.78, 5) is 8.68. The van der Waals surface area contributed by atoms with Crippen molar-refractivity contribution in [2.24, 2.45) is 0 Å². The number of fused-ring (bicyclic) bond motifs is 1. The summed E-state index contributed by atoms with van der Waals surface area (Å²) in [6.07, 6.45) is 3.61. The Morgan fingerprint density at radius 1 is 1.50 bits per heavy atom. The Morgan fingerprint density at radius 2 is 2.25 bits per heavy atom. The van der Waals surface area contributed by atoms with Crippen LogP contribution in [-0.2, 0) is 9.84 Å². The zero-order valence-electron chi connectivity index (χ0n) is 11.4. The predicted molar refractivity (Wildman–Crippen MR) is 86.4 cm³/mol. The van der Waals surface area contributed by atoms with E-state index in [0.29, 0.717) is 12.3 Å². The van der Waals surface area contributed by atoms with Crippen LogP contribution in [0.1, 0.15) is 25.6 Å². The highest BCUT2D eigenvalue weighted by molar-refractivity contribution is 14.1. The average molecular weight is 408 g/mol. The Labute approximate surface area is 132 Å². The summed E-state index contributed by atoms with van der Waals surface area (Å²) in [7, 11) is -2.93. The van der Waals surface area contributed by atoms with Crippen molar-refractivity contribution in [3.05, 3.63) is 27.9 Å². The van der Waals surface area contributed by atoms with Gasteiger partial charge in [-0.05, 0) is 35.6 Å². The molecule has 110 valence electrons. The molecule has 0 saturated heterocycles. The van der Waals surface area contributed by atoms with Crippen LogP contribution < -0.4 is 5.32 Å². The van der Waals surface area contributed by atoms with Crippen molar-refractivity contribution in [2.75, 3.05) is 18.1 Å². The van der Waals surface area contributed by atoms with E-state index in [1.165, 1.54) is 0 Å². The van der Waals surface area contributed by atoms with Crippen LogP contribution in [0.2, 0.25) is 0 Å². The largest absolute Gasteiger partial charge is 0.308 e. The molecule has 1 atom stereocenters. The summed E-state index contributed by atoms with van der Waals surface area (Å²) in [5, 5.41) is 3.20. The number of nitrogens with zero attached hydrogens (tertiary/aromatic N) is 3. The molecule has 0 unspecified atom stereocenters. The molecule has 0 radical (unpaired) electrons. The van der Waals surface area contributed by atoms with Crippen LogP contribution >= 0.6 is 22.6 Å². The maximum Gasteiger partial charge on any atom is 0.234 e. The number of rotatable bonds is 6. The molecule has 0 saturated carbocycles. The van der Waals surface area contributed by atoms with Gasteiger partial charge in [-0.25, -0.2) is 18.4 Å². The number of nitrogens with one attached hydrogen (secondary N) is 1. The number of halogens is 1. The highest BCUT2D eigenvalue weighted by Crippen LogP contribution is 2.19. The molecule has 0 aliphatic heterocycles. The van der Waals surface area contributed by atoms with Gasteiger partial charge >= 0.3 is 0 Å². The minimum Gasteiger partial charge on any atom is -0.308 e. The van der Waals surface area contributed by atoms with Gasteiger partial charge in [0.2, 0.25) is 5.78 Å². The number of hydrogen-bond acceptors (Lipinski definition) is 5. The van der Waals surface area contributed by atoms with Crippen molar-refractivity contribution in [1.82, 2.24) is 19.7 Å². The van der Waals surface area contributed by atoms with Gasteiger partial charge in [0.05, 0.1) is 11.4 Å². The lowest BCUT2D eigenvalue weighted by molar-refractivity contribution is 0.565. The van der Waals surface area contributed by atoms with Crippen molar-refractivity contribution < 1.29 is 8.42 Å². The quantitative estimate of drug-likeness (QED) is 0.732. The molecule has 0 aromatic carbocycles. The second-order valence-electron chi connectivity index (χ2n) is 4.49. The first-order valence-corrected chi connectivity index (χ1v) is 9.27. The molecule has 8 heteroatoms. The summed E-state index contributed by atoms with van der Waals surface area (Å²) in [5.74, 6) is 0.983. The van der Waals surface area contributed by atoms with Crippen molar-refractivity contribution in [3.8, 4) is 0 Å². The van der Waals surface area contributed by atoms with Gasteiger partial charge in [0.25, 0.3) is 0 Å². The zero-order chi connectivity index (χ0) is 14.8. The topological polar surface area (TPSA) is 76.4 Å². The summed E-state index contributed by atoms with van der Waals surface area (Å²) in [6, 6.07) is 1.84. The van der Waals surface area contributed by atoms with E-state index in [9.17, 15) is 8.42 Å². The van der Waals surface area contributed by atoms with Crippen molar-refractivity contribution in [2.45, 2.75) is 19.9 Å². The molecule has 2 aromatic heterocycles. The van der Waals surface area contributed by atoms with Crippen LogP contribution in [0.15, 0.2) is 18.5 Å². The third kappa shape index (κ3) is 3.47. The summed E-state index contributed by atoms with van der Waals surface area (Å²) in [6.45, 7) is 4.06. The van der Waals surface area contributed by atoms with E-state index in [2.05, 4.69) is 37.9 Å². The Hall–Kier alpha value is -0.740. The molecule has 2 aromatic rings. The predicted octanol–water partition coefficient (Wildman–Crippen LogP) is 1.42. The molecule has 0 bridgehead atoms. The highest BCUT2D eigenvalue weighted by atomic mass is 127. The first-order valence-electron chi connectivity index (χ1n) is 6.37. The molecule has 2 rings (SSSR count). The standard InChI is InChI=1S/C12H17IN4O2S/c1-3-20(18,19)8-6-14-9(2)10-11(13)17-7-4-5-15-12(17)16-10/h4-5,7,9,14H,3,6,8H2,1-2H3/t9-/m1/s1. The first-order chi connectivity index (χ1) is 9.44. The van der Waals surface area contributed by atoms with Gasteiger partial charge in [-0.2, -0.15) is 0 Å². The Balaban J connectivity index is 2.08. The SMILES string of the molecule is CCS(=O)(=O)CCN[C@H](C)c1nc2ncccn2c1I. The number of sulfone groups is 1. The molecule has 2 heterocycles. The summed E-state index contributed by atoms with van der Waals surface area (Å²) >= 11 is 2.23. The summed E-state index contributed by atoms with van der Waals surface area (Å²) < 4.78 is 25.8. The van der Waals surface area contributed by atoms with Crippen LogP contribution in [0, 0.1) is 3.70 Å². The molecular formula is C12H17IN4O2S. The molecule has 0 aliphatic carbocycles. The highest BCUT2D eigenvalue weighted by Gasteiger charge is 2.17. The van der Waals surface area contributed by atoms with E-state index in [-0.39, 0.29) is 17.5 Å². The van der Waals surface area contributed by atoms with Crippen LogP contribution in [0.3, 0.4) is 0 Å². The Morgan fingerprint density at radius 3 is 2.90 bits per heavy atom.